The van der Waals surface area contributed by atoms with E-state index in [2.05, 4.69) is 10.5 Å². The van der Waals surface area contributed by atoms with E-state index in [1.54, 1.807) is 24.5 Å². The van der Waals surface area contributed by atoms with Crippen LogP contribution < -0.4 is 5.43 Å². The smallest absolute Gasteiger partial charge is 0.272 e. The number of para-hydroxylation sites is 1. The fourth-order valence-corrected chi connectivity index (χ4v) is 2.81. The lowest BCUT2D eigenvalue weighted by Gasteiger charge is -2.09. The SMILES string of the molecule is Cc1ccc(-c2cc(C(=O)N/N=C\c3ccco3)c3ccccc3n2)cc1. The summed E-state index contributed by atoms with van der Waals surface area (Å²) in [4.78, 5) is 17.4. The second-order valence-corrected chi connectivity index (χ2v) is 6.15. The van der Waals surface area contributed by atoms with Crippen LogP contribution >= 0.6 is 0 Å². The lowest BCUT2D eigenvalue weighted by molar-refractivity contribution is 0.0956. The van der Waals surface area contributed by atoms with Gasteiger partial charge in [0.05, 0.1) is 29.3 Å². The van der Waals surface area contributed by atoms with E-state index in [0.717, 1.165) is 22.2 Å². The summed E-state index contributed by atoms with van der Waals surface area (Å²) < 4.78 is 5.17. The van der Waals surface area contributed by atoms with Crippen molar-refractivity contribution in [3.8, 4) is 11.3 Å². The van der Waals surface area contributed by atoms with E-state index >= 15 is 0 Å². The predicted molar refractivity (Wildman–Crippen MR) is 106 cm³/mol. The molecule has 132 valence electrons. The van der Waals surface area contributed by atoms with Crippen molar-refractivity contribution in [1.82, 2.24) is 10.4 Å². The van der Waals surface area contributed by atoms with Gasteiger partial charge in [-0.25, -0.2) is 10.4 Å². The molecule has 5 heteroatoms. The molecular weight excluding hydrogens is 338 g/mol. The Hall–Kier alpha value is -3.73. The summed E-state index contributed by atoms with van der Waals surface area (Å²) in [7, 11) is 0. The summed E-state index contributed by atoms with van der Waals surface area (Å²) in [6, 6.07) is 20.9. The standard InChI is InChI=1S/C22H17N3O2/c1-15-8-10-16(11-9-15)21-13-19(18-6-2-3-7-20(18)24-21)22(26)25-23-14-17-5-4-12-27-17/h2-14H,1H3,(H,25,26)/b23-14-. The minimum atomic E-state index is -0.301. The maximum Gasteiger partial charge on any atom is 0.272 e. The zero-order valence-corrected chi connectivity index (χ0v) is 14.7. The Morgan fingerprint density at radius 1 is 1.07 bits per heavy atom. The Labute approximate surface area is 156 Å². The zero-order valence-electron chi connectivity index (χ0n) is 14.7. The highest BCUT2D eigenvalue weighted by Gasteiger charge is 2.13. The van der Waals surface area contributed by atoms with Crippen molar-refractivity contribution in [2.45, 2.75) is 6.92 Å². The molecule has 0 bridgehead atoms. The molecule has 2 heterocycles. The summed E-state index contributed by atoms with van der Waals surface area (Å²) in [6.45, 7) is 2.04. The van der Waals surface area contributed by atoms with Crippen LogP contribution in [0.4, 0.5) is 0 Å². The van der Waals surface area contributed by atoms with Crippen molar-refractivity contribution >= 4 is 23.0 Å². The van der Waals surface area contributed by atoms with Gasteiger partial charge in [0, 0.05) is 10.9 Å². The highest BCUT2D eigenvalue weighted by Crippen LogP contribution is 2.25. The van der Waals surface area contributed by atoms with Gasteiger partial charge in [0.1, 0.15) is 5.76 Å². The summed E-state index contributed by atoms with van der Waals surface area (Å²) in [5.74, 6) is 0.264. The third kappa shape index (κ3) is 3.62. The molecule has 0 radical (unpaired) electrons. The van der Waals surface area contributed by atoms with Gasteiger partial charge in [0.15, 0.2) is 0 Å². The molecule has 0 unspecified atom stereocenters. The number of aryl methyl sites for hydroxylation is 1. The molecule has 2 aromatic carbocycles. The van der Waals surface area contributed by atoms with E-state index in [-0.39, 0.29) is 5.91 Å². The van der Waals surface area contributed by atoms with Crippen molar-refractivity contribution in [1.29, 1.82) is 0 Å². The van der Waals surface area contributed by atoms with Crippen LogP contribution in [-0.2, 0) is 0 Å². The fraction of sp³-hybridized carbons (Fsp3) is 0.0455. The molecule has 0 saturated heterocycles. The Kier molecular flexibility index (Phi) is 4.49. The zero-order chi connectivity index (χ0) is 18.6. The molecule has 5 nitrogen and oxygen atoms in total. The maximum absolute atomic E-state index is 12.7. The summed E-state index contributed by atoms with van der Waals surface area (Å²) in [6.07, 6.45) is 3.01. The topological polar surface area (TPSA) is 67.5 Å². The number of amides is 1. The number of nitrogens with zero attached hydrogens (tertiary/aromatic N) is 2. The van der Waals surface area contributed by atoms with Crippen molar-refractivity contribution in [3.63, 3.8) is 0 Å². The van der Waals surface area contributed by atoms with Gasteiger partial charge in [-0.3, -0.25) is 4.79 Å². The number of carbonyl (C=O) groups is 1. The molecule has 2 aromatic heterocycles. The summed E-state index contributed by atoms with van der Waals surface area (Å²) in [5.41, 5.74) is 6.71. The first-order valence-corrected chi connectivity index (χ1v) is 8.54. The average Bonchev–Trinajstić information content (AvgIpc) is 3.21. The Bertz CT molecular complexity index is 1110. The number of hydrogen-bond acceptors (Lipinski definition) is 4. The van der Waals surface area contributed by atoms with Crippen LogP contribution in [0.15, 0.2) is 82.5 Å². The average molecular weight is 355 g/mol. The number of hydrazone groups is 1. The van der Waals surface area contributed by atoms with Crippen molar-refractivity contribution in [2.75, 3.05) is 0 Å². The Morgan fingerprint density at radius 3 is 2.67 bits per heavy atom. The molecule has 4 rings (SSSR count). The minimum Gasteiger partial charge on any atom is -0.463 e. The van der Waals surface area contributed by atoms with Crippen molar-refractivity contribution in [3.05, 3.63) is 89.9 Å². The molecule has 0 spiro atoms. The van der Waals surface area contributed by atoms with Crippen LogP contribution in [0.3, 0.4) is 0 Å². The number of aromatic nitrogens is 1. The fourth-order valence-electron chi connectivity index (χ4n) is 2.81. The van der Waals surface area contributed by atoms with Crippen molar-refractivity contribution in [2.24, 2.45) is 5.10 Å². The number of furan rings is 1. The number of nitrogens with one attached hydrogen (secondary N) is 1. The number of fused-ring (bicyclic) bond motifs is 1. The van der Waals surface area contributed by atoms with Gasteiger partial charge >= 0.3 is 0 Å². The second-order valence-electron chi connectivity index (χ2n) is 6.15. The summed E-state index contributed by atoms with van der Waals surface area (Å²) >= 11 is 0. The molecule has 4 aromatic rings. The van der Waals surface area contributed by atoms with Crippen LogP contribution in [0.2, 0.25) is 0 Å². The first-order valence-electron chi connectivity index (χ1n) is 8.54. The molecule has 0 saturated carbocycles. The van der Waals surface area contributed by atoms with Gasteiger partial charge < -0.3 is 4.42 Å². The normalized spacial score (nSPS) is 11.1. The summed E-state index contributed by atoms with van der Waals surface area (Å²) in [5, 5.41) is 4.75. The quantitative estimate of drug-likeness (QED) is 0.431. The van der Waals surface area contributed by atoms with E-state index in [9.17, 15) is 4.79 Å². The maximum atomic E-state index is 12.7. The highest BCUT2D eigenvalue weighted by molar-refractivity contribution is 6.07. The Morgan fingerprint density at radius 2 is 1.89 bits per heavy atom. The van der Waals surface area contributed by atoms with Crippen LogP contribution in [0.5, 0.6) is 0 Å². The van der Waals surface area contributed by atoms with Crippen LogP contribution in [0.1, 0.15) is 21.7 Å². The van der Waals surface area contributed by atoms with E-state index < -0.39 is 0 Å². The lowest BCUT2D eigenvalue weighted by Crippen LogP contribution is -2.18. The van der Waals surface area contributed by atoms with Gasteiger partial charge in [-0.1, -0.05) is 48.0 Å². The number of pyridine rings is 1. The largest absolute Gasteiger partial charge is 0.463 e. The van der Waals surface area contributed by atoms with Crippen LogP contribution in [0, 0.1) is 6.92 Å². The van der Waals surface area contributed by atoms with Gasteiger partial charge in [0.2, 0.25) is 0 Å². The van der Waals surface area contributed by atoms with Crippen LogP contribution in [0.25, 0.3) is 22.2 Å². The van der Waals surface area contributed by atoms with Gasteiger partial charge in [-0.05, 0) is 31.2 Å². The molecule has 0 aliphatic carbocycles. The molecule has 27 heavy (non-hydrogen) atoms. The number of hydrogen-bond donors (Lipinski definition) is 1. The third-order valence-corrected chi connectivity index (χ3v) is 4.21. The lowest BCUT2D eigenvalue weighted by atomic mass is 10.0. The molecule has 1 amide bonds. The minimum absolute atomic E-state index is 0.301. The molecule has 0 aliphatic heterocycles. The van der Waals surface area contributed by atoms with E-state index in [4.69, 9.17) is 9.40 Å². The molecule has 0 fully saturated rings. The number of benzene rings is 2. The first-order chi connectivity index (χ1) is 13.2. The van der Waals surface area contributed by atoms with Crippen molar-refractivity contribution < 1.29 is 9.21 Å². The number of rotatable bonds is 4. The predicted octanol–water partition coefficient (Wildman–Crippen LogP) is 4.57. The van der Waals surface area contributed by atoms with Crippen LogP contribution in [-0.4, -0.2) is 17.1 Å². The van der Waals surface area contributed by atoms with E-state index in [1.165, 1.54) is 11.8 Å². The highest BCUT2D eigenvalue weighted by atomic mass is 16.3. The Balaban J connectivity index is 1.71. The molecule has 1 N–H and O–H groups in total. The van der Waals surface area contributed by atoms with E-state index in [0.29, 0.717) is 11.3 Å². The molecule has 0 aliphatic rings. The van der Waals surface area contributed by atoms with E-state index in [1.807, 2.05) is 55.5 Å². The van der Waals surface area contributed by atoms with Gasteiger partial charge in [-0.15, -0.1) is 0 Å². The first kappa shape index (κ1) is 16.7. The monoisotopic (exact) mass is 355 g/mol. The third-order valence-electron chi connectivity index (χ3n) is 4.21. The van der Waals surface area contributed by atoms with Gasteiger partial charge in [-0.2, -0.15) is 5.10 Å². The number of carbonyl (C=O) groups excluding carboxylic acids is 1. The second kappa shape index (κ2) is 7.25. The molecular formula is C22H17N3O2. The van der Waals surface area contributed by atoms with Gasteiger partial charge in [0.25, 0.3) is 5.91 Å². The molecule has 0 atom stereocenters.